The molecule has 0 amide bonds. The maximum absolute atomic E-state index is 13.5. The standard InChI is InChI=1S/C15H23FN2/c1-3-4-8-17-9-11-18(12-10-17)15-7-5-6-14(16)13(15)2/h5-7H,3-4,8-12H2,1-2H3. The second-order valence-corrected chi connectivity index (χ2v) is 5.07. The van der Waals surface area contributed by atoms with Crippen molar-refractivity contribution in [3.8, 4) is 0 Å². The Hall–Kier alpha value is -1.09. The maximum atomic E-state index is 13.5. The monoisotopic (exact) mass is 250 g/mol. The van der Waals surface area contributed by atoms with E-state index in [2.05, 4.69) is 16.7 Å². The second kappa shape index (κ2) is 6.19. The largest absolute Gasteiger partial charge is 0.369 e. The third kappa shape index (κ3) is 3.02. The zero-order chi connectivity index (χ0) is 13.0. The molecule has 3 heteroatoms. The minimum Gasteiger partial charge on any atom is -0.369 e. The van der Waals surface area contributed by atoms with E-state index >= 15 is 0 Å². The highest BCUT2D eigenvalue weighted by molar-refractivity contribution is 5.53. The third-order valence-electron chi connectivity index (χ3n) is 3.78. The molecule has 0 saturated carbocycles. The fraction of sp³-hybridized carbons (Fsp3) is 0.600. The first-order valence-electron chi connectivity index (χ1n) is 6.94. The molecule has 0 spiro atoms. The van der Waals surface area contributed by atoms with Crippen LogP contribution in [-0.4, -0.2) is 37.6 Å². The van der Waals surface area contributed by atoms with Crippen LogP contribution in [0.25, 0.3) is 0 Å². The number of nitrogens with zero attached hydrogens (tertiary/aromatic N) is 2. The van der Waals surface area contributed by atoms with E-state index < -0.39 is 0 Å². The van der Waals surface area contributed by atoms with Gasteiger partial charge in [-0.2, -0.15) is 0 Å². The van der Waals surface area contributed by atoms with Gasteiger partial charge in [0.2, 0.25) is 0 Å². The van der Waals surface area contributed by atoms with Gasteiger partial charge in [-0.3, -0.25) is 4.90 Å². The Morgan fingerprint density at radius 3 is 2.56 bits per heavy atom. The van der Waals surface area contributed by atoms with Crippen molar-refractivity contribution in [1.29, 1.82) is 0 Å². The predicted molar refractivity (Wildman–Crippen MR) is 74.7 cm³/mol. The van der Waals surface area contributed by atoms with Crippen molar-refractivity contribution < 1.29 is 4.39 Å². The minimum absolute atomic E-state index is 0.0964. The summed E-state index contributed by atoms with van der Waals surface area (Å²) >= 11 is 0. The Labute approximate surface area is 109 Å². The van der Waals surface area contributed by atoms with Gasteiger partial charge in [-0.25, -0.2) is 4.39 Å². The number of piperazine rings is 1. The molecule has 1 heterocycles. The third-order valence-corrected chi connectivity index (χ3v) is 3.78. The first-order chi connectivity index (χ1) is 8.72. The van der Waals surface area contributed by atoms with Gasteiger partial charge in [0.05, 0.1) is 0 Å². The molecule has 1 aliphatic rings. The van der Waals surface area contributed by atoms with Crippen molar-refractivity contribution in [2.45, 2.75) is 26.7 Å². The molecule has 1 aliphatic heterocycles. The Morgan fingerprint density at radius 1 is 1.17 bits per heavy atom. The predicted octanol–water partition coefficient (Wildman–Crippen LogP) is 3.06. The molecule has 0 N–H and O–H groups in total. The van der Waals surface area contributed by atoms with E-state index in [0.717, 1.165) is 37.4 Å². The average molecular weight is 250 g/mol. The number of rotatable bonds is 4. The Balaban J connectivity index is 1.95. The van der Waals surface area contributed by atoms with E-state index in [1.807, 2.05) is 13.0 Å². The molecule has 1 saturated heterocycles. The van der Waals surface area contributed by atoms with Gasteiger partial charge >= 0.3 is 0 Å². The van der Waals surface area contributed by atoms with E-state index in [-0.39, 0.29) is 5.82 Å². The summed E-state index contributed by atoms with van der Waals surface area (Å²) in [6.45, 7) is 9.50. The highest BCUT2D eigenvalue weighted by Crippen LogP contribution is 2.23. The fourth-order valence-electron chi connectivity index (χ4n) is 2.53. The van der Waals surface area contributed by atoms with Crippen molar-refractivity contribution >= 4 is 5.69 Å². The van der Waals surface area contributed by atoms with E-state index in [1.165, 1.54) is 25.5 Å². The van der Waals surface area contributed by atoms with Crippen LogP contribution in [0.5, 0.6) is 0 Å². The molecule has 0 radical (unpaired) electrons. The van der Waals surface area contributed by atoms with E-state index in [9.17, 15) is 4.39 Å². The highest BCUT2D eigenvalue weighted by atomic mass is 19.1. The first-order valence-corrected chi connectivity index (χ1v) is 6.94. The van der Waals surface area contributed by atoms with Crippen molar-refractivity contribution in [3.05, 3.63) is 29.6 Å². The van der Waals surface area contributed by atoms with Crippen LogP contribution >= 0.6 is 0 Å². The van der Waals surface area contributed by atoms with Crippen molar-refractivity contribution in [3.63, 3.8) is 0 Å². The molecule has 0 unspecified atom stereocenters. The molecule has 0 aliphatic carbocycles. The van der Waals surface area contributed by atoms with Gasteiger partial charge in [-0.1, -0.05) is 19.4 Å². The smallest absolute Gasteiger partial charge is 0.128 e. The molecule has 2 nitrogen and oxygen atoms in total. The number of anilines is 1. The molecule has 0 bridgehead atoms. The van der Waals surface area contributed by atoms with Crippen LogP contribution < -0.4 is 4.90 Å². The van der Waals surface area contributed by atoms with Gasteiger partial charge in [0.1, 0.15) is 5.82 Å². The van der Waals surface area contributed by atoms with Crippen LogP contribution in [0, 0.1) is 12.7 Å². The molecule has 2 rings (SSSR count). The lowest BCUT2D eigenvalue weighted by atomic mass is 10.1. The molecule has 100 valence electrons. The van der Waals surface area contributed by atoms with Crippen molar-refractivity contribution in [1.82, 2.24) is 4.90 Å². The zero-order valence-electron chi connectivity index (χ0n) is 11.5. The quantitative estimate of drug-likeness (QED) is 0.810. The molecule has 1 fully saturated rings. The van der Waals surface area contributed by atoms with Crippen LogP contribution in [0.2, 0.25) is 0 Å². The summed E-state index contributed by atoms with van der Waals surface area (Å²) in [5.74, 6) is -0.0964. The fourth-order valence-corrected chi connectivity index (χ4v) is 2.53. The summed E-state index contributed by atoms with van der Waals surface area (Å²) in [4.78, 5) is 4.81. The normalized spacial score (nSPS) is 17.2. The van der Waals surface area contributed by atoms with Crippen LogP contribution in [0.15, 0.2) is 18.2 Å². The summed E-state index contributed by atoms with van der Waals surface area (Å²) < 4.78 is 13.5. The number of halogens is 1. The molecule has 18 heavy (non-hydrogen) atoms. The molecular formula is C15H23FN2. The zero-order valence-corrected chi connectivity index (χ0v) is 11.5. The average Bonchev–Trinajstić information content (AvgIpc) is 2.40. The van der Waals surface area contributed by atoms with Gasteiger partial charge < -0.3 is 4.90 Å². The highest BCUT2D eigenvalue weighted by Gasteiger charge is 2.18. The Kier molecular flexibility index (Phi) is 4.59. The number of unbranched alkanes of at least 4 members (excludes halogenated alkanes) is 1. The van der Waals surface area contributed by atoms with Gasteiger partial charge in [0.25, 0.3) is 0 Å². The Bertz CT molecular complexity index is 384. The Morgan fingerprint density at radius 2 is 1.89 bits per heavy atom. The lowest BCUT2D eigenvalue weighted by Crippen LogP contribution is -2.46. The van der Waals surface area contributed by atoms with E-state index in [4.69, 9.17) is 0 Å². The van der Waals surface area contributed by atoms with Crippen LogP contribution in [-0.2, 0) is 0 Å². The first kappa shape index (κ1) is 13.3. The van der Waals surface area contributed by atoms with E-state index in [1.54, 1.807) is 6.07 Å². The summed E-state index contributed by atoms with van der Waals surface area (Å²) in [7, 11) is 0. The summed E-state index contributed by atoms with van der Waals surface area (Å²) in [5.41, 5.74) is 1.84. The second-order valence-electron chi connectivity index (χ2n) is 5.07. The van der Waals surface area contributed by atoms with Gasteiger partial charge in [-0.15, -0.1) is 0 Å². The lowest BCUT2D eigenvalue weighted by Gasteiger charge is -2.36. The molecule has 0 atom stereocenters. The van der Waals surface area contributed by atoms with Crippen molar-refractivity contribution in [2.75, 3.05) is 37.6 Å². The van der Waals surface area contributed by atoms with Gasteiger partial charge in [-0.05, 0) is 32.0 Å². The molecular weight excluding hydrogens is 227 g/mol. The van der Waals surface area contributed by atoms with Crippen molar-refractivity contribution in [2.24, 2.45) is 0 Å². The lowest BCUT2D eigenvalue weighted by molar-refractivity contribution is 0.254. The number of benzene rings is 1. The topological polar surface area (TPSA) is 6.48 Å². The number of hydrogen-bond acceptors (Lipinski definition) is 2. The summed E-state index contributed by atoms with van der Waals surface area (Å²) in [6.07, 6.45) is 2.53. The SMILES string of the molecule is CCCCN1CCN(c2cccc(F)c2C)CC1. The van der Waals surface area contributed by atoms with Crippen LogP contribution in [0.3, 0.4) is 0 Å². The maximum Gasteiger partial charge on any atom is 0.128 e. The molecule has 0 aromatic heterocycles. The molecule has 1 aromatic rings. The van der Waals surface area contributed by atoms with Crippen LogP contribution in [0.4, 0.5) is 10.1 Å². The van der Waals surface area contributed by atoms with Gasteiger partial charge in [0, 0.05) is 37.4 Å². The van der Waals surface area contributed by atoms with Gasteiger partial charge in [0.15, 0.2) is 0 Å². The minimum atomic E-state index is -0.0964. The number of hydrogen-bond donors (Lipinski definition) is 0. The van der Waals surface area contributed by atoms with Crippen LogP contribution in [0.1, 0.15) is 25.3 Å². The van der Waals surface area contributed by atoms with E-state index in [0.29, 0.717) is 0 Å². The molecule has 1 aromatic carbocycles. The summed E-state index contributed by atoms with van der Waals surface area (Å²) in [5, 5.41) is 0. The summed E-state index contributed by atoms with van der Waals surface area (Å²) in [6, 6.07) is 5.37.